The lowest BCUT2D eigenvalue weighted by molar-refractivity contribution is -0.130. The summed E-state index contributed by atoms with van der Waals surface area (Å²) in [6.45, 7) is 3.70. The van der Waals surface area contributed by atoms with Crippen LogP contribution < -0.4 is 10.1 Å². The predicted octanol–water partition coefficient (Wildman–Crippen LogP) is 3.98. The summed E-state index contributed by atoms with van der Waals surface area (Å²) in [5.41, 5.74) is 1.72. The lowest BCUT2D eigenvalue weighted by Crippen LogP contribution is -2.43. The molecule has 0 spiro atoms. The quantitative estimate of drug-likeness (QED) is 0.774. The van der Waals surface area contributed by atoms with Gasteiger partial charge in [-0.3, -0.25) is 9.59 Å². The molecule has 5 nitrogen and oxygen atoms in total. The normalized spacial score (nSPS) is 16.8. The lowest BCUT2D eigenvalue weighted by Gasteiger charge is -2.31. The summed E-state index contributed by atoms with van der Waals surface area (Å²) in [5.74, 6) is 0.538. The molecule has 1 atom stereocenters. The molecule has 28 heavy (non-hydrogen) atoms. The Kier molecular flexibility index (Phi) is 6.84. The van der Waals surface area contributed by atoms with Crippen molar-refractivity contribution in [3.05, 3.63) is 66.2 Å². The molecule has 5 heteroatoms. The van der Waals surface area contributed by atoms with Crippen molar-refractivity contribution < 1.29 is 14.3 Å². The zero-order valence-corrected chi connectivity index (χ0v) is 16.1. The van der Waals surface area contributed by atoms with Crippen molar-refractivity contribution in [1.29, 1.82) is 0 Å². The van der Waals surface area contributed by atoms with E-state index < -0.39 is 0 Å². The number of nitrogens with zero attached hydrogens (tertiary/aromatic N) is 1. The monoisotopic (exact) mass is 378 g/mol. The smallest absolute Gasteiger partial charge is 0.246 e. The van der Waals surface area contributed by atoms with E-state index in [-0.39, 0.29) is 17.7 Å². The average molecular weight is 378 g/mol. The predicted molar refractivity (Wildman–Crippen MR) is 111 cm³/mol. The van der Waals surface area contributed by atoms with Gasteiger partial charge in [0.05, 0.1) is 12.5 Å². The highest BCUT2D eigenvalue weighted by atomic mass is 16.5. The van der Waals surface area contributed by atoms with E-state index in [0.717, 1.165) is 29.8 Å². The average Bonchev–Trinajstić information content (AvgIpc) is 2.74. The third-order valence-electron chi connectivity index (χ3n) is 4.75. The maximum Gasteiger partial charge on any atom is 0.246 e. The molecule has 2 aromatic carbocycles. The van der Waals surface area contributed by atoms with Crippen LogP contribution in [0.4, 0.5) is 5.69 Å². The molecule has 2 amide bonds. The Morgan fingerprint density at radius 3 is 2.61 bits per heavy atom. The summed E-state index contributed by atoms with van der Waals surface area (Å²) in [5, 5.41) is 2.94. The summed E-state index contributed by atoms with van der Waals surface area (Å²) in [7, 11) is 0. The van der Waals surface area contributed by atoms with E-state index in [4.69, 9.17) is 4.74 Å². The summed E-state index contributed by atoms with van der Waals surface area (Å²) < 4.78 is 5.42. The first kappa shape index (κ1) is 19.7. The Hall–Kier alpha value is -3.08. The summed E-state index contributed by atoms with van der Waals surface area (Å²) in [4.78, 5) is 26.8. The van der Waals surface area contributed by atoms with Gasteiger partial charge in [-0.1, -0.05) is 30.3 Å². The number of hydrogen-bond acceptors (Lipinski definition) is 3. The van der Waals surface area contributed by atoms with Crippen molar-refractivity contribution in [3.8, 4) is 5.75 Å². The zero-order chi connectivity index (χ0) is 19.8. The van der Waals surface area contributed by atoms with E-state index in [0.29, 0.717) is 19.7 Å². The molecule has 0 aromatic heterocycles. The Labute approximate surface area is 166 Å². The summed E-state index contributed by atoms with van der Waals surface area (Å²) in [6, 6.07) is 17.0. The van der Waals surface area contributed by atoms with Gasteiger partial charge >= 0.3 is 0 Å². The molecule has 1 aliphatic rings. The van der Waals surface area contributed by atoms with E-state index in [1.807, 2.05) is 61.5 Å². The summed E-state index contributed by atoms with van der Waals surface area (Å²) in [6.07, 6.45) is 5.00. The number of carbonyl (C=O) groups excluding carboxylic acids is 2. The SMILES string of the molecule is CCOc1ccc(/C=C/C(=O)N2CCCC(C(=O)Nc3ccccc3)C2)cc1. The van der Waals surface area contributed by atoms with E-state index in [2.05, 4.69) is 5.32 Å². The van der Waals surface area contributed by atoms with Gasteiger partial charge in [0.2, 0.25) is 11.8 Å². The number of piperidine rings is 1. The van der Waals surface area contributed by atoms with Gasteiger partial charge in [0.1, 0.15) is 5.75 Å². The van der Waals surface area contributed by atoms with Gasteiger partial charge < -0.3 is 15.0 Å². The molecule has 0 bridgehead atoms. The van der Waals surface area contributed by atoms with Gasteiger partial charge in [0.25, 0.3) is 0 Å². The molecule has 1 saturated heterocycles. The van der Waals surface area contributed by atoms with Gasteiger partial charge in [-0.25, -0.2) is 0 Å². The number of benzene rings is 2. The maximum absolute atomic E-state index is 12.6. The number of likely N-dealkylation sites (tertiary alicyclic amines) is 1. The first-order chi connectivity index (χ1) is 13.7. The topological polar surface area (TPSA) is 58.6 Å². The van der Waals surface area contributed by atoms with Crippen LogP contribution in [0.5, 0.6) is 5.75 Å². The van der Waals surface area contributed by atoms with Crippen molar-refractivity contribution >= 4 is 23.6 Å². The van der Waals surface area contributed by atoms with Crippen LogP contribution in [0.15, 0.2) is 60.7 Å². The van der Waals surface area contributed by atoms with E-state index in [1.54, 1.807) is 17.1 Å². The highest BCUT2D eigenvalue weighted by Crippen LogP contribution is 2.20. The van der Waals surface area contributed by atoms with Crippen molar-refractivity contribution in [2.45, 2.75) is 19.8 Å². The Bertz CT molecular complexity index is 816. The first-order valence-corrected chi connectivity index (χ1v) is 9.71. The van der Waals surface area contributed by atoms with Gasteiger partial charge in [-0.05, 0) is 55.7 Å². The summed E-state index contributed by atoms with van der Waals surface area (Å²) >= 11 is 0. The number of para-hydroxylation sites is 1. The van der Waals surface area contributed by atoms with Crippen molar-refractivity contribution in [2.75, 3.05) is 25.0 Å². The van der Waals surface area contributed by atoms with Crippen molar-refractivity contribution in [2.24, 2.45) is 5.92 Å². The van der Waals surface area contributed by atoms with Crippen LogP contribution in [0.25, 0.3) is 6.08 Å². The minimum Gasteiger partial charge on any atom is -0.494 e. The van der Waals surface area contributed by atoms with Crippen LogP contribution in [0.3, 0.4) is 0 Å². The molecule has 3 rings (SSSR count). The molecule has 1 fully saturated rings. The van der Waals surface area contributed by atoms with Crippen LogP contribution in [0, 0.1) is 5.92 Å². The second-order valence-corrected chi connectivity index (χ2v) is 6.81. The van der Waals surface area contributed by atoms with Crippen LogP contribution in [-0.2, 0) is 9.59 Å². The van der Waals surface area contributed by atoms with Crippen molar-refractivity contribution in [3.63, 3.8) is 0 Å². The van der Waals surface area contributed by atoms with Gasteiger partial charge in [-0.15, -0.1) is 0 Å². The third-order valence-corrected chi connectivity index (χ3v) is 4.75. The minimum atomic E-state index is -0.184. The van der Waals surface area contributed by atoms with Gasteiger partial charge in [0.15, 0.2) is 0 Å². The minimum absolute atomic E-state index is 0.0285. The molecule has 1 aliphatic heterocycles. The molecule has 0 aliphatic carbocycles. The standard InChI is InChI=1S/C23H26N2O3/c1-2-28-21-13-10-18(11-14-21)12-15-22(26)25-16-6-7-19(17-25)23(27)24-20-8-4-3-5-9-20/h3-5,8-15,19H,2,6-7,16-17H2,1H3,(H,24,27)/b15-12+. The molecule has 0 saturated carbocycles. The Morgan fingerprint density at radius 1 is 1.14 bits per heavy atom. The number of ether oxygens (including phenoxy) is 1. The fraction of sp³-hybridized carbons (Fsp3) is 0.304. The second-order valence-electron chi connectivity index (χ2n) is 6.81. The molecule has 1 heterocycles. The van der Waals surface area contributed by atoms with Gasteiger partial charge in [-0.2, -0.15) is 0 Å². The molecule has 146 valence electrons. The molecule has 2 aromatic rings. The number of anilines is 1. The Balaban J connectivity index is 1.55. The molecule has 1 N–H and O–H groups in total. The zero-order valence-electron chi connectivity index (χ0n) is 16.1. The largest absolute Gasteiger partial charge is 0.494 e. The molecular weight excluding hydrogens is 352 g/mol. The highest BCUT2D eigenvalue weighted by molar-refractivity contribution is 5.95. The van der Waals surface area contributed by atoms with E-state index >= 15 is 0 Å². The lowest BCUT2D eigenvalue weighted by atomic mass is 9.97. The molecule has 0 radical (unpaired) electrons. The molecular formula is C23H26N2O3. The van der Waals surface area contributed by atoms with Crippen LogP contribution in [-0.4, -0.2) is 36.4 Å². The van der Waals surface area contributed by atoms with Crippen molar-refractivity contribution in [1.82, 2.24) is 4.90 Å². The third kappa shape index (κ3) is 5.46. The fourth-order valence-corrected chi connectivity index (χ4v) is 3.27. The number of nitrogens with one attached hydrogen (secondary N) is 1. The number of amides is 2. The van der Waals surface area contributed by atoms with E-state index in [9.17, 15) is 9.59 Å². The van der Waals surface area contributed by atoms with Gasteiger partial charge in [0, 0.05) is 24.9 Å². The van der Waals surface area contributed by atoms with Crippen LogP contribution in [0.1, 0.15) is 25.3 Å². The highest BCUT2D eigenvalue weighted by Gasteiger charge is 2.27. The maximum atomic E-state index is 12.6. The number of carbonyl (C=O) groups is 2. The second kappa shape index (κ2) is 9.74. The number of rotatable bonds is 6. The fourth-order valence-electron chi connectivity index (χ4n) is 3.27. The van der Waals surface area contributed by atoms with E-state index in [1.165, 1.54) is 0 Å². The van der Waals surface area contributed by atoms with Crippen LogP contribution in [0.2, 0.25) is 0 Å². The number of hydrogen-bond donors (Lipinski definition) is 1. The molecule has 1 unspecified atom stereocenters. The Morgan fingerprint density at radius 2 is 1.89 bits per heavy atom. The van der Waals surface area contributed by atoms with Crippen LogP contribution >= 0.6 is 0 Å². The first-order valence-electron chi connectivity index (χ1n) is 9.71.